The molecule has 42 heavy (non-hydrogen) atoms. The van der Waals surface area contributed by atoms with Crippen molar-refractivity contribution in [3.8, 4) is 0 Å². The van der Waals surface area contributed by atoms with Crippen LogP contribution >= 0.6 is 0 Å². The van der Waals surface area contributed by atoms with Crippen LogP contribution in [0.2, 0.25) is 0 Å². The Balaban J connectivity index is 1.62. The molecule has 0 radical (unpaired) electrons. The number of hydrogen-bond acceptors (Lipinski definition) is 4. The Kier molecular flexibility index (Phi) is 7.72. The second kappa shape index (κ2) is 11.6. The predicted octanol–water partition coefficient (Wildman–Crippen LogP) is 8.42. The van der Waals surface area contributed by atoms with E-state index in [-0.39, 0.29) is 0 Å². The van der Waals surface area contributed by atoms with Gasteiger partial charge in [0.15, 0.2) is 12.2 Å². The first-order chi connectivity index (χ1) is 20.6. The highest BCUT2D eigenvalue weighted by molar-refractivity contribution is 5.91. The molecule has 0 saturated heterocycles. The van der Waals surface area contributed by atoms with Crippen molar-refractivity contribution in [1.82, 2.24) is 0 Å². The molecule has 4 aromatic rings. The molecule has 2 unspecified atom stereocenters. The Labute approximate surface area is 248 Å². The van der Waals surface area contributed by atoms with E-state index in [0.717, 1.165) is 38.5 Å². The Bertz CT molecular complexity index is 1390. The normalized spacial score (nSPS) is 23.5. The Morgan fingerprint density at radius 2 is 0.833 bits per heavy atom. The summed E-state index contributed by atoms with van der Waals surface area (Å²) in [7, 11) is 0. The fourth-order valence-electron chi connectivity index (χ4n) is 7.52. The van der Waals surface area contributed by atoms with E-state index in [1.54, 1.807) is 24.3 Å². The fraction of sp³-hybridized carbons (Fsp3) is 0.316. The molecule has 0 aromatic heterocycles. The van der Waals surface area contributed by atoms with Crippen LogP contribution in [-0.4, -0.2) is 24.1 Å². The fourth-order valence-corrected chi connectivity index (χ4v) is 7.52. The van der Waals surface area contributed by atoms with Gasteiger partial charge in [0.2, 0.25) is 0 Å². The van der Waals surface area contributed by atoms with E-state index in [4.69, 9.17) is 9.47 Å². The number of ether oxygens (including phenoxy) is 2. The van der Waals surface area contributed by atoms with Gasteiger partial charge in [-0.1, -0.05) is 124 Å². The van der Waals surface area contributed by atoms with Crippen molar-refractivity contribution >= 4 is 11.9 Å². The van der Waals surface area contributed by atoms with Crippen LogP contribution < -0.4 is 0 Å². The molecule has 0 saturated carbocycles. The van der Waals surface area contributed by atoms with Crippen LogP contribution in [0.1, 0.15) is 95.3 Å². The summed E-state index contributed by atoms with van der Waals surface area (Å²) in [6.45, 7) is 4.37. The summed E-state index contributed by atoms with van der Waals surface area (Å²) in [5, 5.41) is 0. The van der Waals surface area contributed by atoms with Gasteiger partial charge in [0.1, 0.15) is 0 Å². The van der Waals surface area contributed by atoms with Crippen LogP contribution in [0, 0.1) is 0 Å². The Hall–Kier alpha value is -4.18. The highest BCUT2D eigenvalue weighted by atomic mass is 16.6. The zero-order chi connectivity index (χ0) is 29.2. The lowest BCUT2D eigenvalue weighted by molar-refractivity contribution is -0.101. The molecule has 0 amide bonds. The van der Waals surface area contributed by atoms with Crippen LogP contribution in [0.4, 0.5) is 0 Å². The molecule has 4 aromatic carbocycles. The van der Waals surface area contributed by atoms with E-state index in [1.165, 1.54) is 22.3 Å². The molecule has 2 bridgehead atoms. The summed E-state index contributed by atoms with van der Waals surface area (Å²) < 4.78 is 13.3. The SMILES string of the molecule is CCCC[C@]12c3ccccc3[C@](CCCC)(c3ccccc31)C(OC(=O)c1ccccc1)C2OC(=O)c1ccccc1. The first-order valence-electron chi connectivity index (χ1n) is 15.3. The van der Waals surface area contributed by atoms with E-state index < -0.39 is 35.0 Å². The molecule has 3 aliphatic carbocycles. The quantitative estimate of drug-likeness (QED) is 0.183. The zero-order valence-electron chi connectivity index (χ0n) is 24.4. The van der Waals surface area contributed by atoms with Gasteiger partial charge in [0.05, 0.1) is 22.0 Å². The second-order valence-corrected chi connectivity index (χ2v) is 11.6. The molecule has 0 heterocycles. The van der Waals surface area contributed by atoms with Crippen molar-refractivity contribution in [1.29, 1.82) is 0 Å². The number of benzene rings is 4. The number of hydrogen-bond donors (Lipinski definition) is 0. The second-order valence-electron chi connectivity index (χ2n) is 11.6. The standard InChI is InChI=1S/C38H38O4/c1-3-5-25-37-29-21-13-15-23-31(29)38(26-6-4-2,32-24-16-14-22-30(32)37)34(42-36(40)28-19-11-8-12-20-28)33(37)41-35(39)27-17-9-7-10-18-27/h7-24,33-34H,3-6,25-26H2,1-2H3/t33?,34?,37-,38+. The topological polar surface area (TPSA) is 52.6 Å². The summed E-state index contributed by atoms with van der Waals surface area (Å²) in [4.78, 5) is 27.8. The molecule has 0 aliphatic heterocycles. The molecule has 0 fully saturated rings. The molecule has 0 N–H and O–H groups in total. The number of carbonyl (C=O) groups is 2. The highest BCUT2D eigenvalue weighted by Crippen LogP contribution is 2.64. The third kappa shape index (κ3) is 4.36. The van der Waals surface area contributed by atoms with Crippen molar-refractivity contribution in [3.63, 3.8) is 0 Å². The maximum Gasteiger partial charge on any atom is 0.338 e. The van der Waals surface area contributed by atoms with Gasteiger partial charge in [-0.05, 0) is 59.4 Å². The van der Waals surface area contributed by atoms with Crippen molar-refractivity contribution in [2.24, 2.45) is 0 Å². The maximum absolute atomic E-state index is 13.9. The lowest BCUT2D eigenvalue weighted by Crippen LogP contribution is -2.68. The molecule has 7 rings (SSSR count). The average Bonchev–Trinajstić information content (AvgIpc) is 3.05. The van der Waals surface area contributed by atoms with Crippen molar-refractivity contribution in [2.75, 3.05) is 0 Å². The minimum absolute atomic E-state index is 0.398. The first kappa shape index (κ1) is 28.0. The van der Waals surface area contributed by atoms with Crippen molar-refractivity contribution in [3.05, 3.63) is 143 Å². The summed E-state index contributed by atoms with van der Waals surface area (Å²) in [6, 6.07) is 35.5. The first-order valence-corrected chi connectivity index (χ1v) is 15.3. The lowest BCUT2D eigenvalue weighted by atomic mass is 9.44. The molecule has 2 atom stereocenters. The van der Waals surface area contributed by atoms with E-state index in [9.17, 15) is 9.59 Å². The van der Waals surface area contributed by atoms with Crippen molar-refractivity contribution in [2.45, 2.75) is 75.4 Å². The van der Waals surface area contributed by atoms with Gasteiger partial charge in [0.25, 0.3) is 0 Å². The maximum atomic E-state index is 13.9. The smallest absolute Gasteiger partial charge is 0.338 e. The molecule has 3 aliphatic rings. The lowest BCUT2D eigenvalue weighted by Gasteiger charge is -2.62. The summed E-state index contributed by atoms with van der Waals surface area (Å²) in [5.41, 5.74) is 4.39. The van der Waals surface area contributed by atoms with E-state index in [0.29, 0.717) is 11.1 Å². The van der Waals surface area contributed by atoms with Gasteiger partial charge >= 0.3 is 11.9 Å². The molecular weight excluding hydrogens is 520 g/mol. The zero-order valence-corrected chi connectivity index (χ0v) is 24.4. The third-order valence-electron chi connectivity index (χ3n) is 9.36. The van der Waals surface area contributed by atoms with Gasteiger partial charge in [0, 0.05) is 0 Å². The minimum atomic E-state index is -0.703. The monoisotopic (exact) mass is 558 g/mol. The Morgan fingerprint density at radius 3 is 1.14 bits per heavy atom. The van der Waals surface area contributed by atoms with Crippen LogP contribution in [0.3, 0.4) is 0 Å². The average molecular weight is 559 g/mol. The Morgan fingerprint density at radius 1 is 0.524 bits per heavy atom. The minimum Gasteiger partial charge on any atom is -0.453 e. The largest absolute Gasteiger partial charge is 0.453 e. The van der Waals surface area contributed by atoms with Crippen LogP contribution in [0.25, 0.3) is 0 Å². The molecule has 0 spiro atoms. The molecule has 4 nitrogen and oxygen atoms in total. The number of rotatable bonds is 10. The van der Waals surface area contributed by atoms with E-state index in [2.05, 4.69) is 62.4 Å². The molecular formula is C38H38O4. The van der Waals surface area contributed by atoms with Gasteiger partial charge in [-0.15, -0.1) is 0 Å². The number of esters is 2. The third-order valence-corrected chi connectivity index (χ3v) is 9.36. The predicted molar refractivity (Wildman–Crippen MR) is 165 cm³/mol. The van der Waals surface area contributed by atoms with Crippen LogP contribution in [-0.2, 0) is 20.3 Å². The van der Waals surface area contributed by atoms with Gasteiger partial charge < -0.3 is 9.47 Å². The number of fused-ring (bicyclic) bond motifs is 1. The summed E-state index contributed by atoms with van der Waals surface area (Å²) in [6.07, 6.45) is 3.98. The molecule has 4 heteroatoms. The number of carbonyl (C=O) groups excluding carboxylic acids is 2. The van der Waals surface area contributed by atoms with E-state index in [1.807, 2.05) is 36.4 Å². The van der Waals surface area contributed by atoms with Gasteiger partial charge in [-0.3, -0.25) is 0 Å². The van der Waals surface area contributed by atoms with Crippen molar-refractivity contribution < 1.29 is 19.1 Å². The van der Waals surface area contributed by atoms with Crippen LogP contribution in [0.15, 0.2) is 109 Å². The van der Waals surface area contributed by atoms with E-state index >= 15 is 0 Å². The summed E-state index contributed by atoms with van der Waals surface area (Å²) >= 11 is 0. The van der Waals surface area contributed by atoms with Crippen LogP contribution in [0.5, 0.6) is 0 Å². The van der Waals surface area contributed by atoms with Gasteiger partial charge in [-0.25, -0.2) is 9.59 Å². The highest BCUT2D eigenvalue weighted by Gasteiger charge is 2.68. The summed E-state index contributed by atoms with van der Waals surface area (Å²) in [5.74, 6) is -0.796. The number of unbranched alkanes of at least 4 members (excludes halogenated alkanes) is 2. The van der Waals surface area contributed by atoms with Gasteiger partial charge in [-0.2, -0.15) is 0 Å². The molecule has 214 valence electrons.